The molecule has 0 aliphatic heterocycles. The molecule has 5 heteroatoms. The number of aliphatic hydroxyl groups excluding tert-OH is 1. The van der Waals surface area contributed by atoms with E-state index in [0.29, 0.717) is 0 Å². The summed E-state index contributed by atoms with van der Waals surface area (Å²) in [5.74, 6) is 0.939. The number of thioether (sulfide) groups is 1. The third-order valence-electron chi connectivity index (χ3n) is 2.55. The van der Waals surface area contributed by atoms with Gasteiger partial charge in [0, 0.05) is 17.8 Å². The lowest BCUT2D eigenvalue weighted by Gasteiger charge is -2.21. The minimum Gasteiger partial charge on any atom is -0.496 e. The normalized spacial score (nSPS) is 14.8. The van der Waals surface area contributed by atoms with E-state index in [2.05, 4.69) is 12.2 Å². The van der Waals surface area contributed by atoms with Gasteiger partial charge in [-0.05, 0) is 24.6 Å². The van der Waals surface area contributed by atoms with Gasteiger partial charge >= 0.3 is 0 Å². The zero-order valence-corrected chi connectivity index (χ0v) is 11.5. The lowest BCUT2D eigenvalue weighted by atomic mass is 10.2. The standard InChI is InChI=1S/C11H19NO2S2/c1-8(11(7-13)15-3)12-6-10-9(14-2)4-5-16-10/h4-5,8,11-13H,6-7H2,1-3H3. The topological polar surface area (TPSA) is 41.5 Å². The molecule has 1 aromatic rings. The molecule has 1 rings (SSSR count). The van der Waals surface area contributed by atoms with Crippen LogP contribution < -0.4 is 10.1 Å². The predicted molar refractivity (Wildman–Crippen MR) is 71.6 cm³/mol. The molecule has 0 saturated heterocycles. The number of nitrogens with one attached hydrogen (secondary N) is 1. The van der Waals surface area contributed by atoms with E-state index in [0.717, 1.165) is 12.3 Å². The van der Waals surface area contributed by atoms with Gasteiger partial charge in [0.15, 0.2) is 0 Å². The van der Waals surface area contributed by atoms with E-state index in [-0.39, 0.29) is 17.9 Å². The Morgan fingerprint density at radius 1 is 1.62 bits per heavy atom. The maximum atomic E-state index is 9.17. The van der Waals surface area contributed by atoms with Crippen LogP contribution in [-0.2, 0) is 6.54 Å². The molecule has 0 amide bonds. The fraction of sp³-hybridized carbons (Fsp3) is 0.636. The van der Waals surface area contributed by atoms with Crippen molar-refractivity contribution in [2.75, 3.05) is 20.0 Å². The molecular weight excluding hydrogens is 242 g/mol. The van der Waals surface area contributed by atoms with Gasteiger partial charge in [0.1, 0.15) is 5.75 Å². The van der Waals surface area contributed by atoms with E-state index in [1.165, 1.54) is 4.88 Å². The van der Waals surface area contributed by atoms with E-state index in [9.17, 15) is 5.11 Å². The number of hydrogen-bond acceptors (Lipinski definition) is 5. The molecule has 2 N–H and O–H groups in total. The van der Waals surface area contributed by atoms with Crippen molar-refractivity contribution in [1.29, 1.82) is 0 Å². The molecule has 0 fully saturated rings. The van der Waals surface area contributed by atoms with Crippen molar-refractivity contribution in [2.24, 2.45) is 0 Å². The van der Waals surface area contributed by atoms with Crippen LogP contribution in [0.25, 0.3) is 0 Å². The van der Waals surface area contributed by atoms with Gasteiger partial charge in [0.25, 0.3) is 0 Å². The Hall–Kier alpha value is -0.230. The quantitative estimate of drug-likeness (QED) is 0.787. The summed E-state index contributed by atoms with van der Waals surface area (Å²) in [5.41, 5.74) is 0. The van der Waals surface area contributed by atoms with Gasteiger partial charge in [-0.25, -0.2) is 0 Å². The van der Waals surface area contributed by atoms with Crippen molar-refractivity contribution in [2.45, 2.75) is 24.8 Å². The Bertz CT molecular complexity index is 300. The van der Waals surface area contributed by atoms with Crippen molar-refractivity contribution in [3.63, 3.8) is 0 Å². The first kappa shape index (κ1) is 13.8. The summed E-state index contributed by atoms with van der Waals surface area (Å²) in [7, 11) is 1.69. The molecule has 2 unspecified atom stereocenters. The number of rotatable bonds is 7. The zero-order valence-electron chi connectivity index (χ0n) is 9.90. The average Bonchev–Trinajstić information content (AvgIpc) is 2.75. The van der Waals surface area contributed by atoms with Crippen LogP contribution in [0, 0.1) is 0 Å². The molecule has 92 valence electrons. The first-order valence-electron chi connectivity index (χ1n) is 5.20. The Kier molecular flexibility index (Phi) is 6.20. The number of ether oxygens (including phenoxy) is 1. The van der Waals surface area contributed by atoms with Crippen LogP contribution in [0.5, 0.6) is 5.75 Å². The van der Waals surface area contributed by atoms with Gasteiger partial charge in [0.2, 0.25) is 0 Å². The first-order valence-corrected chi connectivity index (χ1v) is 7.37. The maximum Gasteiger partial charge on any atom is 0.134 e. The van der Waals surface area contributed by atoms with Crippen LogP contribution >= 0.6 is 23.1 Å². The Morgan fingerprint density at radius 3 is 2.94 bits per heavy atom. The number of hydrogen-bond donors (Lipinski definition) is 2. The van der Waals surface area contributed by atoms with E-state index >= 15 is 0 Å². The lowest BCUT2D eigenvalue weighted by Crippen LogP contribution is -2.36. The molecule has 0 radical (unpaired) electrons. The maximum absolute atomic E-state index is 9.17. The minimum absolute atomic E-state index is 0.205. The third kappa shape index (κ3) is 3.66. The molecular formula is C11H19NO2S2. The summed E-state index contributed by atoms with van der Waals surface area (Å²) in [5, 5.41) is 14.9. The summed E-state index contributed by atoms with van der Waals surface area (Å²) < 4.78 is 5.25. The average molecular weight is 261 g/mol. The zero-order chi connectivity index (χ0) is 12.0. The molecule has 1 heterocycles. The molecule has 2 atom stereocenters. The highest BCUT2D eigenvalue weighted by Gasteiger charge is 2.15. The summed E-state index contributed by atoms with van der Waals surface area (Å²) >= 11 is 3.37. The third-order valence-corrected chi connectivity index (χ3v) is 4.61. The Labute approximate surface area is 105 Å². The van der Waals surface area contributed by atoms with Crippen molar-refractivity contribution >= 4 is 23.1 Å². The predicted octanol–water partition coefficient (Wildman–Crippen LogP) is 1.96. The first-order chi connectivity index (χ1) is 7.72. The number of aliphatic hydroxyl groups is 1. The van der Waals surface area contributed by atoms with Crippen LogP contribution in [0.3, 0.4) is 0 Å². The molecule has 0 aromatic carbocycles. The highest BCUT2D eigenvalue weighted by atomic mass is 32.2. The Morgan fingerprint density at radius 2 is 2.38 bits per heavy atom. The number of methoxy groups -OCH3 is 1. The molecule has 0 aliphatic rings. The highest BCUT2D eigenvalue weighted by Crippen LogP contribution is 2.24. The van der Waals surface area contributed by atoms with Gasteiger partial charge in [0.05, 0.1) is 18.6 Å². The van der Waals surface area contributed by atoms with E-state index < -0.39 is 0 Å². The molecule has 0 saturated carbocycles. The van der Waals surface area contributed by atoms with E-state index in [4.69, 9.17) is 4.74 Å². The van der Waals surface area contributed by atoms with Crippen molar-refractivity contribution in [3.05, 3.63) is 16.3 Å². The molecule has 0 spiro atoms. The van der Waals surface area contributed by atoms with Gasteiger partial charge in [-0.15, -0.1) is 11.3 Å². The fourth-order valence-electron chi connectivity index (χ4n) is 1.46. The fourth-order valence-corrected chi connectivity index (χ4v) is 2.91. The smallest absolute Gasteiger partial charge is 0.134 e. The van der Waals surface area contributed by atoms with Crippen LogP contribution in [0.1, 0.15) is 11.8 Å². The molecule has 3 nitrogen and oxygen atoms in total. The van der Waals surface area contributed by atoms with Gasteiger partial charge in [-0.3, -0.25) is 0 Å². The summed E-state index contributed by atoms with van der Waals surface area (Å²) in [6.07, 6.45) is 2.02. The minimum atomic E-state index is 0.205. The van der Waals surface area contributed by atoms with Gasteiger partial charge < -0.3 is 15.2 Å². The van der Waals surface area contributed by atoms with Crippen LogP contribution in [-0.4, -0.2) is 36.4 Å². The van der Waals surface area contributed by atoms with Crippen molar-refractivity contribution in [1.82, 2.24) is 5.32 Å². The molecule has 0 bridgehead atoms. The van der Waals surface area contributed by atoms with Crippen LogP contribution in [0.2, 0.25) is 0 Å². The second kappa shape index (κ2) is 7.17. The van der Waals surface area contributed by atoms with E-state index in [1.807, 2.05) is 17.7 Å². The SMILES string of the molecule is COc1ccsc1CNC(C)C(CO)SC. The molecule has 1 aromatic heterocycles. The van der Waals surface area contributed by atoms with E-state index in [1.54, 1.807) is 30.2 Å². The van der Waals surface area contributed by atoms with Crippen molar-refractivity contribution in [3.8, 4) is 5.75 Å². The van der Waals surface area contributed by atoms with Crippen LogP contribution in [0.15, 0.2) is 11.4 Å². The van der Waals surface area contributed by atoms with Gasteiger partial charge in [-0.2, -0.15) is 11.8 Å². The largest absolute Gasteiger partial charge is 0.496 e. The molecule has 16 heavy (non-hydrogen) atoms. The lowest BCUT2D eigenvalue weighted by molar-refractivity contribution is 0.275. The highest BCUT2D eigenvalue weighted by molar-refractivity contribution is 7.99. The summed E-state index contributed by atoms with van der Waals surface area (Å²) in [4.78, 5) is 1.20. The van der Waals surface area contributed by atoms with Gasteiger partial charge in [-0.1, -0.05) is 0 Å². The second-order valence-electron chi connectivity index (χ2n) is 3.54. The summed E-state index contributed by atoms with van der Waals surface area (Å²) in [6.45, 7) is 3.09. The van der Waals surface area contributed by atoms with Crippen molar-refractivity contribution < 1.29 is 9.84 Å². The summed E-state index contributed by atoms with van der Waals surface area (Å²) in [6, 6.07) is 2.26. The number of thiophene rings is 1. The Balaban J connectivity index is 2.45. The second-order valence-corrected chi connectivity index (χ2v) is 5.62. The van der Waals surface area contributed by atoms with Crippen LogP contribution in [0.4, 0.5) is 0 Å². The monoisotopic (exact) mass is 261 g/mol. The molecule has 0 aliphatic carbocycles.